The molecule has 1 N–H and O–H groups in total. The van der Waals surface area contributed by atoms with Gasteiger partial charge < -0.3 is 33.0 Å². The molecule has 3 atom stereocenters. The van der Waals surface area contributed by atoms with E-state index in [9.17, 15) is 24.2 Å². The van der Waals surface area contributed by atoms with E-state index in [1.807, 2.05) is 39.4 Å². The van der Waals surface area contributed by atoms with Gasteiger partial charge in [0.1, 0.15) is 19.8 Å². The van der Waals surface area contributed by atoms with Crippen molar-refractivity contribution in [3.8, 4) is 0 Å². The first-order valence-electron chi connectivity index (χ1n) is 22.0. The lowest BCUT2D eigenvalue weighted by atomic mass is 10.1. The van der Waals surface area contributed by atoms with Crippen LogP contribution in [0.1, 0.15) is 136 Å². The molecule has 0 fully saturated rings. The van der Waals surface area contributed by atoms with Crippen LogP contribution < -0.4 is 4.89 Å². The van der Waals surface area contributed by atoms with E-state index in [1.165, 1.54) is 0 Å². The third-order valence-electron chi connectivity index (χ3n) is 8.66. The number of nitrogens with zero attached hydrogens (tertiary/aromatic N) is 1. The van der Waals surface area contributed by atoms with Crippen molar-refractivity contribution in [1.29, 1.82) is 0 Å². The second-order valence-electron chi connectivity index (χ2n) is 15.5. The van der Waals surface area contributed by atoms with Crippen molar-refractivity contribution in [2.45, 2.75) is 148 Å². The number of phosphoric ester groups is 1. The fourth-order valence-electron chi connectivity index (χ4n) is 5.18. The summed E-state index contributed by atoms with van der Waals surface area (Å²) in [4.78, 5) is 37.5. The van der Waals surface area contributed by atoms with Crippen molar-refractivity contribution in [2.75, 3.05) is 47.5 Å². The van der Waals surface area contributed by atoms with Gasteiger partial charge in [0, 0.05) is 12.8 Å². The van der Waals surface area contributed by atoms with Crippen molar-refractivity contribution >= 4 is 19.8 Å². The van der Waals surface area contributed by atoms with Gasteiger partial charge in [0.2, 0.25) is 0 Å². The maximum atomic E-state index is 12.7. The fraction of sp³-hybridized carbons (Fsp3) is 0.625. The number of unbranched alkanes of at least 4 members (excludes halogenated alkanes) is 6. The molecular formula is C48H80NO9P. The number of carbonyl (C=O) groups is 2. The van der Waals surface area contributed by atoms with E-state index in [-0.39, 0.29) is 32.2 Å². The minimum absolute atomic E-state index is 0.0571. The van der Waals surface area contributed by atoms with E-state index in [2.05, 4.69) is 92.8 Å². The Bertz CT molecular complexity index is 1340. The average Bonchev–Trinajstić information content (AvgIpc) is 3.18. The third kappa shape index (κ3) is 42.8. The molecule has 0 aromatic carbocycles. The maximum absolute atomic E-state index is 12.7. The summed E-state index contributed by atoms with van der Waals surface area (Å²) < 4.78 is 33.8. The van der Waals surface area contributed by atoms with Gasteiger partial charge in [-0.3, -0.25) is 14.2 Å². The number of likely N-dealkylation sites (N-methyl/N-ethyl adjacent to an activating group) is 1. The second-order valence-corrected chi connectivity index (χ2v) is 16.9. The largest absolute Gasteiger partial charge is 0.756 e. The lowest BCUT2D eigenvalue weighted by Crippen LogP contribution is -2.37. The highest BCUT2D eigenvalue weighted by atomic mass is 31.2. The van der Waals surface area contributed by atoms with E-state index in [0.717, 1.165) is 89.9 Å². The zero-order valence-electron chi connectivity index (χ0n) is 37.3. The molecule has 10 nitrogen and oxygen atoms in total. The van der Waals surface area contributed by atoms with Gasteiger partial charge in [-0.05, 0) is 83.5 Å². The van der Waals surface area contributed by atoms with Crippen LogP contribution in [0.2, 0.25) is 0 Å². The fourth-order valence-corrected chi connectivity index (χ4v) is 5.91. The van der Waals surface area contributed by atoms with Crippen LogP contribution in [0.4, 0.5) is 0 Å². The normalized spacial score (nSPS) is 15.0. The van der Waals surface area contributed by atoms with Crippen molar-refractivity contribution in [1.82, 2.24) is 0 Å². The molecule has 0 saturated carbocycles. The Labute approximate surface area is 358 Å². The number of rotatable bonds is 38. The van der Waals surface area contributed by atoms with Gasteiger partial charge >= 0.3 is 11.9 Å². The van der Waals surface area contributed by atoms with Crippen molar-refractivity contribution in [2.24, 2.45) is 0 Å². The molecule has 0 saturated heterocycles. The highest BCUT2D eigenvalue weighted by Gasteiger charge is 2.21. The van der Waals surface area contributed by atoms with E-state index >= 15 is 0 Å². The van der Waals surface area contributed by atoms with E-state index in [0.29, 0.717) is 30.3 Å². The smallest absolute Gasteiger partial charge is 0.306 e. The van der Waals surface area contributed by atoms with E-state index in [4.69, 9.17) is 18.5 Å². The standard InChI is InChI=1S/C48H80NO9P/c1-6-8-10-11-12-13-14-15-16-17-18-19-24-27-30-33-36-40-48(52)58-46(44-57-59(53,54)56-42-41-49(3,4)5)43-55-47(51)39-35-32-29-26-23-21-20-22-25-28-31-34-38-45(50)37-9-7-2/h8,10,12-13,15-16,18-21,25-26,28-29,34,38,45-46,50H,6-7,9,11,14,17,22-24,27,30-33,35-37,39-44H2,1-5H3/b10-8-,13-12-,16-15-,19-18-,21-20-,28-25-,29-26-,38-34-/t45-,46+/m0/s1. The number of hydrogen-bond acceptors (Lipinski definition) is 9. The van der Waals surface area contributed by atoms with Gasteiger partial charge in [0.25, 0.3) is 7.82 Å². The quantitative estimate of drug-likeness (QED) is 0.0212. The Kier molecular flexibility index (Phi) is 37.0. The van der Waals surface area contributed by atoms with Crippen LogP contribution in [0.5, 0.6) is 0 Å². The SMILES string of the molecule is CC/C=C\C/C=C\C/C=C\C/C=C\CCCCCCC(=O)O[C@H](COC(=O)CCC/C=C\C/C=C\C/C=C\C/C=C\[C@@H](O)CCCC)COP(=O)([O-])OCC[N+](C)(C)C. The van der Waals surface area contributed by atoms with Gasteiger partial charge in [0.15, 0.2) is 6.10 Å². The first-order chi connectivity index (χ1) is 28.4. The number of carbonyl (C=O) groups excluding carboxylic acids is 2. The molecule has 0 radical (unpaired) electrons. The Morgan fingerprint density at radius 1 is 0.627 bits per heavy atom. The van der Waals surface area contributed by atoms with Gasteiger partial charge in [-0.15, -0.1) is 0 Å². The molecule has 0 heterocycles. The molecule has 0 aromatic rings. The van der Waals surface area contributed by atoms with Gasteiger partial charge in [-0.25, -0.2) is 0 Å². The zero-order chi connectivity index (χ0) is 43.7. The van der Waals surface area contributed by atoms with Crippen molar-refractivity contribution in [3.63, 3.8) is 0 Å². The highest BCUT2D eigenvalue weighted by molar-refractivity contribution is 7.45. The van der Waals surface area contributed by atoms with Crippen LogP contribution in [0.15, 0.2) is 97.2 Å². The topological polar surface area (TPSA) is 131 Å². The predicted molar refractivity (Wildman–Crippen MR) is 241 cm³/mol. The Hall–Kier alpha value is -3.11. The Balaban J connectivity index is 4.55. The summed E-state index contributed by atoms with van der Waals surface area (Å²) in [7, 11) is 1.08. The molecule has 0 aliphatic carbocycles. The molecule has 0 aliphatic rings. The Morgan fingerprint density at radius 2 is 1.14 bits per heavy atom. The van der Waals surface area contributed by atoms with E-state index in [1.54, 1.807) is 0 Å². The maximum Gasteiger partial charge on any atom is 0.306 e. The number of aliphatic hydroxyl groups excluding tert-OH is 1. The molecule has 0 spiro atoms. The molecule has 1 unspecified atom stereocenters. The minimum Gasteiger partial charge on any atom is -0.756 e. The molecule has 11 heteroatoms. The van der Waals surface area contributed by atoms with Crippen LogP contribution in [0.3, 0.4) is 0 Å². The molecule has 0 bridgehead atoms. The van der Waals surface area contributed by atoms with Crippen LogP contribution in [0, 0.1) is 0 Å². The van der Waals surface area contributed by atoms with Gasteiger partial charge in [-0.2, -0.15) is 0 Å². The number of phosphoric acid groups is 1. The van der Waals surface area contributed by atoms with Crippen molar-refractivity contribution in [3.05, 3.63) is 97.2 Å². The lowest BCUT2D eigenvalue weighted by Gasteiger charge is -2.28. The summed E-state index contributed by atoms with van der Waals surface area (Å²) in [5.41, 5.74) is 0. The van der Waals surface area contributed by atoms with Crippen LogP contribution in [-0.4, -0.2) is 81.2 Å². The number of esters is 2. The summed E-state index contributed by atoms with van der Waals surface area (Å²) in [6.45, 7) is 3.82. The number of ether oxygens (including phenoxy) is 2. The second kappa shape index (κ2) is 39.1. The molecule has 0 aliphatic heterocycles. The number of allylic oxidation sites excluding steroid dienone is 15. The average molecular weight is 846 g/mol. The summed E-state index contributed by atoms with van der Waals surface area (Å²) in [6, 6.07) is 0. The lowest BCUT2D eigenvalue weighted by molar-refractivity contribution is -0.870. The molecule has 0 aromatic heterocycles. The van der Waals surface area contributed by atoms with Crippen LogP contribution in [0.25, 0.3) is 0 Å². The summed E-state index contributed by atoms with van der Waals surface area (Å²) in [5, 5.41) is 9.82. The molecule has 336 valence electrons. The third-order valence-corrected chi connectivity index (χ3v) is 9.62. The zero-order valence-corrected chi connectivity index (χ0v) is 38.2. The number of hydrogen-bond donors (Lipinski definition) is 1. The predicted octanol–water partition coefficient (Wildman–Crippen LogP) is 10.9. The monoisotopic (exact) mass is 846 g/mol. The van der Waals surface area contributed by atoms with Gasteiger partial charge in [-0.1, -0.05) is 137 Å². The first kappa shape index (κ1) is 55.9. The van der Waals surface area contributed by atoms with Gasteiger partial charge in [0.05, 0.1) is 33.9 Å². The van der Waals surface area contributed by atoms with Crippen LogP contribution >= 0.6 is 7.82 Å². The molecule has 59 heavy (non-hydrogen) atoms. The Morgan fingerprint density at radius 3 is 1.69 bits per heavy atom. The summed E-state index contributed by atoms with van der Waals surface area (Å²) in [5.74, 6) is -0.962. The highest BCUT2D eigenvalue weighted by Crippen LogP contribution is 2.38. The van der Waals surface area contributed by atoms with E-state index < -0.39 is 32.5 Å². The molecule has 0 rings (SSSR count). The number of aliphatic hydroxyl groups is 1. The van der Waals surface area contributed by atoms with Crippen molar-refractivity contribution < 1.29 is 47.2 Å². The van der Waals surface area contributed by atoms with Crippen LogP contribution in [-0.2, 0) is 32.7 Å². The summed E-state index contributed by atoms with van der Waals surface area (Å²) >= 11 is 0. The molecular weight excluding hydrogens is 766 g/mol. The first-order valence-corrected chi connectivity index (χ1v) is 23.5. The number of quaternary nitrogens is 1. The minimum atomic E-state index is -4.66. The molecule has 0 amide bonds. The summed E-state index contributed by atoms with van der Waals surface area (Å²) in [6.07, 6.45) is 47.8.